The number of rotatable bonds is 15. The van der Waals surface area contributed by atoms with Crippen molar-refractivity contribution in [1.82, 2.24) is 20.5 Å². The monoisotopic (exact) mass is 580 g/mol. The molecule has 41 heavy (non-hydrogen) atoms. The van der Waals surface area contributed by atoms with Crippen molar-refractivity contribution >= 4 is 23.2 Å². The summed E-state index contributed by atoms with van der Waals surface area (Å²) in [6.45, 7) is 9.39. The van der Waals surface area contributed by atoms with Crippen LogP contribution in [0.25, 0.3) is 10.4 Å². The molecule has 1 aromatic carbocycles. The first-order valence-electron chi connectivity index (χ1n) is 15.0. The van der Waals surface area contributed by atoms with Crippen molar-refractivity contribution < 1.29 is 14.7 Å². The van der Waals surface area contributed by atoms with Gasteiger partial charge in [0.1, 0.15) is 6.04 Å². The number of aryl methyl sites for hydroxylation is 1. The van der Waals surface area contributed by atoms with Crippen molar-refractivity contribution in [1.29, 1.82) is 0 Å². The van der Waals surface area contributed by atoms with Crippen molar-refractivity contribution in [2.24, 2.45) is 5.41 Å². The smallest absolute Gasteiger partial charge is 0.243 e. The number of amides is 2. The Labute approximate surface area is 250 Å². The molecule has 0 spiro atoms. The molecule has 7 nitrogen and oxygen atoms in total. The maximum Gasteiger partial charge on any atom is 0.243 e. The normalized spacial score (nSPS) is 17.8. The molecule has 8 heteroatoms. The van der Waals surface area contributed by atoms with Crippen LogP contribution in [-0.2, 0) is 16.1 Å². The zero-order chi connectivity index (χ0) is 29.8. The van der Waals surface area contributed by atoms with Crippen LogP contribution in [0.3, 0.4) is 0 Å². The van der Waals surface area contributed by atoms with E-state index in [4.69, 9.17) is 6.42 Å². The zero-order valence-corrected chi connectivity index (χ0v) is 26.1. The quantitative estimate of drug-likeness (QED) is 0.192. The summed E-state index contributed by atoms with van der Waals surface area (Å²) in [5, 5.41) is 16.9. The summed E-state index contributed by atoms with van der Waals surface area (Å²) in [5.41, 5.74) is 4.59. The van der Waals surface area contributed by atoms with Gasteiger partial charge in [-0.3, -0.25) is 9.59 Å². The SMILES string of the molecule is C#CCCCCCCCCCN[C@H](C(=O)N1C[C@H](O)C[C@H]1C(=O)NCc1ccc(-c2scnc2C)cc1)C(C)(C)C. The predicted molar refractivity (Wildman–Crippen MR) is 167 cm³/mol. The molecule has 3 atom stereocenters. The maximum absolute atomic E-state index is 13.7. The number of hydrogen-bond donors (Lipinski definition) is 3. The van der Waals surface area contributed by atoms with E-state index in [9.17, 15) is 14.7 Å². The molecule has 2 heterocycles. The fourth-order valence-electron chi connectivity index (χ4n) is 5.38. The molecule has 0 aliphatic carbocycles. The number of nitrogens with one attached hydrogen (secondary N) is 2. The third kappa shape index (κ3) is 9.95. The first-order valence-corrected chi connectivity index (χ1v) is 15.9. The maximum atomic E-state index is 13.7. The number of hydrogen-bond acceptors (Lipinski definition) is 6. The van der Waals surface area contributed by atoms with Gasteiger partial charge in [0.25, 0.3) is 0 Å². The summed E-state index contributed by atoms with van der Waals surface area (Å²) in [6, 6.07) is 6.96. The largest absolute Gasteiger partial charge is 0.391 e. The number of carbonyl (C=O) groups is 2. The van der Waals surface area contributed by atoms with Gasteiger partial charge in [0.15, 0.2) is 0 Å². The lowest BCUT2D eigenvalue weighted by atomic mass is 9.85. The molecule has 1 aliphatic rings. The molecule has 3 N–H and O–H groups in total. The highest BCUT2D eigenvalue weighted by Gasteiger charge is 2.43. The Morgan fingerprint density at radius 2 is 1.78 bits per heavy atom. The molecule has 0 bridgehead atoms. The third-order valence-corrected chi connectivity index (χ3v) is 8.73. The second kappa shape index (κ2) is 16.1. The Morgan fingerprint density at radius 3 is 2.39 bits per heavy atom. The average molecular weight is 581 g/mol. The van der Waals surface area contributed by atoms with Crippen molar-refractivity contribution in [2.75, 3.05) is 13.1 Å². The van der Waals surface area contributed by atoms with Crippen LogP contribution in [0.1, 0.15) is 89.8 Å². The Bertz CT molecular complexity index is 1150. The number of thiazole rings is 1. The van der Waals surface area contributed by atoms with E-state index in [1.54, 1.807) is 16.2 Å². The number of aliphatic hydroxyl groups excluding tert-OH is 1. The van der Waals surface area contributed by atoms with Gasteiger partial charge < -0.3 is 20.6 Å². The van der Waals surface area contributed by atoms with Gasteiger partial charge in [-0.2, -0.15) is 0 Å². The van der Waals surface area contributed by atoms with Gasteiger partial charge in [-0.05, 0) is 42.9 Å². The molecule has 1 fully saturated rings. The molecule has 2 aromatic rings. The third-order valence-electron chi connectivity index (χ3n) is 7.75. The molecule has 2 amide bonds. The summed E-state index contributed by atoms with van der Waals surface area (Å²) in [4.78, 5) is 34.0. The van der Waals surface area contributed by atoms with E-state index in [1.807, 2.05) is 57.5 Å². The molecular formula is C33H48N4O3S. The highest BCUT2D eigenvalue weighted by Crippen LogP contribution is 2.28. The Kier molecular flexibility index (Phi) is 12.8. The van der Waals surface area contributed by atoms with Crippen LogP contribution in [0.5, 0.6) is 0 Å². The van der Waals surface area contributed by atoms with Crippen LogP contribution in [0.2, 0.25) is 0 Å². The Morgan fingerprint density at radius 1 is 1.12 bits per heavy atom. The first kappa shape index (κ1) is 32.8. The van der Waals surface area contributed by atoms with Crippen molar-refractivity contribution in [3.8, 4) is 22.8 Å². The number of aromatic nitrogens is 1. The van der Waals surface area contributed by atoms with E-state index < -0.39 is 18.2 Å². The number of unbranched alkanes of at least 4 members (excludes halogenated alkanes) is 7. The standard InChI is InChI=1S/C33H48N4O3S/c1-6-7-8-9-10-11-12-13-14-19-34-30(33(3,4)5)32(40)37-22-27(38)20-28(37)31(39)35-21-25-15-17-26(18-16-25)29-24(2)36-23-41-29/h1,15-18,23,27-28,30,34,38H,7-14,19-22H2,2-5H3,(H,35,39)/t27-,28+,30-/m1/s1. The van der Waals surface area contributed by atoms with Gasteiger partial charge in [0.2, 0.25) is 11.8 Å². The van der Waals surface area contributed by atoms with E-state index in [2.05, 4.69) is 21.5 Å². The van der Waals surface area contributed by atoms with Crippen molar-refractivity contribution in [2.45, 2.75) is 110 Å². The molecule has 1 aromatic heterocycles. The molecular weight excluding hydrogens is 532 g/mol. The number of β-amino-alcohol motifs (C(OH)–C–C–N with tert-alkyl or cyclic N) is 1. The zero-order valence-electron chi connectivity index (χ0n) is 25.2. The molecule has 1 aliphatic heterocycles. The van der Waals surface area contributed by atoms with Crippen LogP contribution >= 0.6 is 11.3 Å². The van der Waals surface area contributed by atoms with E-state index in [-0.39, 0.29) is 30.2 Å². The van der Waals surface area contributed by atoms with E-state index in [1.165, 1.54) is 25.7 Å². The molecule has 0 unspecified atom stereocenters. The van der Waals surface area contributed by atoms with E-state index >= 15 is 0 Å². The minimum atomic E-state index is -0.710. The summed E-state index contributed by atoms with van der Waals surface area (Å²) in [6.07, 6.45) is 13.7. The highest BCUT2D eigenvalue weighted by molar-refractivity contribution is 7.13. The fraction of sp³-hybridized carbons (Fsp3) is 0.606. The lowest BCUT2D eigenvalue weighted by molar-refractivity contribution is -0.142. The minimum absolute atomic E-state index is 0.119. The van der Waals surface area contributed by atoms with Crippen LogP contribution in [0, 0.1) is 24.7 Å². The number of terminal acetylenes is 1. The Hall–Kier alpha value is -2.73. The average Bonchev–Trinajstić information content (AvgIpc) is 3.55. The molecule has 0 saturated carbocycles. The summed E-state index contributed by atoms with van der Waals surface area (Å²) >= 11 is 1.61. The molecule has 224 valence electrons. The van der Waals surface area contributed by atoms with Crippen LogP contribution < -0.4 is 10.6 Å². The van der Waals surface area contributed by atoms with Gasteiger partial charge in [0, 0.05) is 25.9 Å². The Balaban J connectivity index is 1.50. The molecule has 3 rings (SSSR count). The van der Waals surface area contributed by atoms with Crippen LogP contribution in [-0.4, -0.2) is 58.1 Å². The summed E-state index contributed by atoms with van der Waals surface area (Å²) in [5.74, 6) is 2.34. The predicted octanol–water partition coefficient (Wildman–Crippen LogP) is 5.45. The summed E-state index contributed by atoms with van der Waals surface area (Å²) in [7, 11) is 0. The van der Waals surface area contributed by atoms with Crippen LogP contribution in [0.15, 0.2) is 29.8 Å². The highest BCUT2D eigenvalue weighted by atomic mass is 32.1. The number of benzene rings is 1. The first-order chi connectivity index (χ1) is 19.6. The van der Waals surface area contributed by atoms with Crippen LogP contribution in [0.4, 0.5) is 0 Å². The van der Waals surface area contributed by atoms with Crippen molar-refractivity contribution in [3.05, 3.63) is 41.0 Å². The lowest BCUT2D eigenvalue weighted by Crippen LogP contribution is -2.56. The lowest BCUT2D eigenvalue weighted by Gasteiger charge is -2.35. The number of likely N-dealkylation sites (tertiary alicyclic amines) is 1. The molecule has 1 saturated heterocycles. The van der Waals surface area contributed by atoms with Gasteiger partial charge in [0.05, 0.1) is 28.2 Å². The molecule has 0 radical (unpaired) electrons. The van der Waals surface area contributed by atoms with Gasteiger partial charge in [-0.1, -0.05) is 77.1 Å². The van der Waals surface area contributed by atoms with Gasteiger partial charge in [-0.25, -0.2) is 4.98 Å². The minimum Gasteiger partial charge on any atom is -0.391 e. The number of aliphatic hydroxyl groups is 1. The number of nitrogens with zero attached hydrogens (tertiary/aromatic N) is 2. The van der Waals surface area contributed by atoms with Gasteiger partial charge in [-0.15, -0.1) is 23.7 Å². The van der Waals surface area contributed by atoms with Crippen molar-refractivity contribution in [3.63, 3.8) is 0 Å². The van der Waals surface area contributed by atoms with E-state index in [0.717, 1.165) is 53.9 Å². The second-order valence-corrected chi connectivity index (χ2v) is 13.1. The van der Waals surface area contributed by atoms with E-state index in [0.29, 0.717) is 6.54 Å². The second-order valence-electron chi connectivity index (χ2n) is 12.3. The number of carbonyl (C=O) groups excluding carboxylic acids is 2. The topological polar surface area (TPSA) is 94.6 Å². The van der Waals surface area contributed by atoms with Gasteiger partial charge >= 0.3 is 0 Å². The fourth-order valence-corrected chi connectivity index (χ4v) is 6.19. The summed E-state index contributed by atoms with van der Waals surface area (Å²) < 4.78 is 0.